The molecule has 0 N–H and O–H groups in total. The largest absolute Gasteiger partial charge is 0.310 e. The van der Waals surface area contributed by atoms with Gasteiger partial charge in [0.15, 0.2) is 0 Å². The number of halogens is 2. The van der Waals surface area contributed by atoms with E-state index in [1.165, 1.54) is 90.7 Å². The van der Waals surface area contributed by atoms with Crippen molar-refractivity contribution < 1.29 is 8.78 Å². The van der Waals surface area contributed by atoms with E-state index in [0.29, 0.717) is 11.8 Å². The Bertz CT molecular complexity index is 3700. The molecule has 342 valence electrons. The standard InChI is InChI=1S/C67H50F2N2/c1-41(2)43-13-24-52(25-14-43)70(54-30-20-50(68)21-31-54)56-28-17-46-37-60-61-38-47-18-29-57(71(55-32-22-51(69)23-33-55)53-26-15-44(16-27-53)42(3)4)36-49(47)40-65(61)67(64(60)39-48(46)35-56)62-12-8-7-11-59(62)66-58-10-6-5-9-45(58)19-34-63(66)67/h5-42H,1-4H3. The Balaban J connectivity index is 1.05. The molecule has 0 saturated heterocycles. The summed E-state index contributed by atoms with van der Waals surface area (Å²) in [6, 6.07) is 76.7. The number of hydrogen-bond acceptors (Lipinski definition) is 2. The van der Waals surface area contributed by atoms with Crippen LogP contribution in [0.15, 0.2) is 218 Å². The fraction of sp³-hybridized carbons (Fsp3) is 0.104. The summed E-state index contributed by atoms with van der Waals surface area (Å²) in [5.41, 5.74) is 17.7. The quantitative estimate of drug-likeness (QED) is 0.150. The van der Waals surface area contributed by atoms with Crippen molar-refractivity contribution in [2.45, 2.75) is 44.9 Å². The first kappa shape index (κ1) is 42.7. The van der Waals surface area contributed by atoms with Crippen LogP contribution in [-0.4, -0.2) is 0 Å². The fourth-order valence-electron chi connectivity index (χ4n) is 11.8. The van der Waals surface area contributed by atoms with Gasteiger partial charge in [-0.2, -0.15) is 0 Å². The van der Waals surface area contributed by atoms with E-state index in [4.69, 9.17) is 0 Å². The van der Waals surface area contributed by atoms with Gasteiger partial charge >= 0.3 is 0 Å². The highest BCUT2D eigenvalue weighted by Crippen LogP contribution is 2.65. The minimum absolute atomic E-state index is 0.266. The van der Waals surface area contributed by atoms with Crippen LogP contribution in [-0.2, 0) is 5.41 Å². The van der Waals surface area contributed by atoms with Gasteiger partial charge in [0, 0.05) is 34.1 Å². The van der Waals surface area contributed by atoms with Gasteiger partial charge in [-0.15, -0.1) is 0 Å². The normalized spacial score (nSPS) is 13.0. The summed E-state index contributed by atoms with van der Waals surface area (Å²) in [5.74, 6) is 0.265. The highest BCUT2D eigenvalue weighted by atomic mass is 19.1. The third-order valence-corrected chi connectivity index (χ3v) is 15.3. The third-order valence-electron chi connectivity index (χ3n) is 15.3. The average molecular weight is 921 g/mol. The first-order valence-corrected chi connectivity index (χ1v) is 24.7. The lowest BCUT2D eigenvalue weighted by molar-refractivity contribution is 0.627. The Morgan fingerprint density at radius 3 is 1.24 bits per heavy atom. The van der Waals surface area contributed by atoms with Crippen molar-refractivity contribution in [1.82, 2.24) is 0 Å². The zero-order valence-corrected chi connectivity index (χ0v) is 40.1. The predicted molar refractivity (Wildman–Crippen MR) is 293 cm³/mol. The molecule has 0 radical (unpaired) electrons. The second-order valence-electron chi connectivity index (χ2n) is 20.0. The Hall–Kier alpha value is -8.34. The molecule has 2 aliphatic carbocycles. The van der Waals surface area contributed by atoms with Crippen LogP contribution in [0.2, 0.25) is 0 Å². The lowest BCUT2D eigenvalue weighted by atomic mass is 9.70. The molecule has 0 heterocycles. The third kappa shape index (κ3) is 6.72. The van der Waals surface area contributed by atoms with Crippen molar-refractivity contribution in [2.75, 3.05) is 9.80 Å². The van der Waals surface area contributed by atoms with Crippen LogP contribution in [0.25, 0.3) is 54.6 Å². The zero-order chi connectivity index (χ0) is 48.1. The smallest absolute Gasteiger partial charge is 0.123 e. The number of benzene rings is 11. The molecule has 0 bridgehead atoms. The highest BCUT2D eigenvalue weighted by Gasteiger charge is 2.52. The van der Waals surface area contributed by atoms with Gasteiger partial charge in [0.05, 0.1) is 5.41 Å². The molecule has 0 fully saturated rings. The molecule has 4 heteroatoms. The van der Waals surface area contributed by atoms with Gasteiger partial charge in [0.25, 0.3) is 0 Å². The minimum atomic E-state index is -0.637. The van der Waals surface area contributed by atoms with Gasteiger partial charge in [-0.3, -0.25) is 0 Å². The average Bonchev–Trinajstić information content (AvgIpc) is 3.85. The lowest BCUT2D eigenvalue weighted by Crippen LogP contribution is -2.26. The molecular weight excluding hydrogens is 871 g/mol. The molecule has 0 aliphatic heterocycles. The molecular formula is C67H50F2N2. The molecule has 71 heavy (non-hydrogen) atoms. The fourth-order valence-corrected chi connectivity index (χ4v) is 11.8. The Kier molecular flexibility index (Phi) is 9.87. The molecule has 0 saturated carbocycles. The van der Waals surface area contributed by atoms with E-state index < -0.39 is 5.41 Å². The van der Waals surface area contributed by atoms with Crippen molar-refractivity contribution >= 4 is 66.4 Å². The molecule has 2 nitrogen and oxygen atoms in total. The Morgan fingerprint density at radius 1 is 0.324 bits per heavy atom. The van der Waals surface area contributed by atoms with E-state index in [9.17, 15) is 8.78 Å². The lowest BCUT2D eigenvalue weighted by Gasteiger charge is -2.31. The van der Waals surface area contributed by atoms with Gasteiger partial charge < -0.3 is 9.80 Å². The predicted octanol–water partition coefficient (Wildman–Crippen LogP) is 19.0. The summed E-state index contributed by atoms with van der Waals surface area (Å²) in [5, 5.41) is 6.99. The first-order chi connectivity index (χ1) is 34.6. The molecule has 0 amide bonds. The molecule has 0 unspecified atom stereocenters. The van der Waals surface area contributed by atoms with Crippen LogP contribution in [0.3, 0.4) is 0 Å². The van der Waals surface area contributed by atoms with Gasteiger partial charge in [-0.25, -0.2) is 8.78 Å². The molecule has 2 aliphatic rings. The van der Waals surface area contributed by atoms with E-state index >= 15 is 0 Å². The van der Waals surface area contributed by atoms with Gasteiger partial charge in [0.2, 0.25) is 0 Å². The number of fused-ring (bicyclic) bond motifs is 14. The first-order valence-electron chi connectivity index (χ1n) is 24.7. The monoisotopic (exact) mass is 920 g/mol. The van der Waals surface area contributed by atoms with E-state index in [0.717, 1.165) is 55.7 Å². The summed E-state index contributed by atoms with van der Waals surface area (Å²) in [6.07, 6.45) is 0. The molecule has 11 aromatic carbocycles. The van der Waals surface area contributed by atoms with Crippen LogP contribution in [0.4, 0.5) is 42.9 Å². The van der Waals surface area contributed by atoms with Crippen LogP contribution >= 0.6 is 0 Å². The van der Waals surface area contributed by atoms with Crippen molar-refractivity contribution in [3.63, 3.8) is 0 Å². The molecule has 0 aromatic heterocycles. The minimum Gasteiger partial charge on any atom is -0.310 e. The van der Waals surface area contributed by atoms with E-state index in [-0.39, 0.29) is 11.6 Å². The summed E-state index contributed by atoms with van der Waals surface area (Å²) in [4.78, 5) is 4.45. The number of nitrogens with zero attached hydrogens (tertiary/aromatic N) is 2. The van der Waals surface area contributed by atoms with Gasteiger partial charge in [0.1, 0.15) is 11.6 Å². The van der Waals surface area contributed by atoms with Crippen molar-refractivity contribution in [2.24, 2.45) is 0 Å². The maximum absolute atomic E-state index is 14.5. The second kappa shape index (κ2) is 16.4. The van der Waals surface area contributed by atoms with Crippen LogP contribution in [0.5, 0.6) is 0 Å². The van der Waals surface area contributed by atoms with Crippen molar-refractivity contribution in [3.05, 3.63) is 263 Å². The number of anilines is 6. The molecule has 13 rings (SSSR count). The zero-order valence-electron chi connectivity index (χ0n) is 40.1. The summed E-state index contributed by atoms with van der Waals surface area (Å²) in [7, 11) is 0. The summed E-state index contributed by atoms with van der Waals surface area (Å²) in [6.45, 7) is 8.84. The van der Waals surface area contributed by atoms with Gasteiger partial charge in [-0.05, 0) is 221 Å². The number of hydrogen-bond donors (Lipinski definition) is 0. The molecule has 11 aromatic rings. The van der Waals surface area contributed by atoms with Crippen LogP contribution in [0.1, 0.15) is 72.9 Å². The second-order valence-corrected chi connectivity index (χ2v) is 20.0. The molecule has 0 atom stereocenters. The SMILES string of the molecule is CC(C)c1ccc(N(c2ccc(F)cc2)c2ccc3cc4c(cc3c2)C2(c3cc5cc(N(c6ccc(F)cc6)c6ccc(C(C)C)cc6)ccc5cc3-4)c3ccccc3-c3c2ccc2ccccc32)cc1. The maximum Gasteiger partial charge on any atom is 0.123 e. The highest BCUT2D eigenvalue weighted by molar-refractivity contribution is 6.09. The van der Waals surface area contributed by atoms with E-state index in [1.807, 2.05) is 24.3 Å². The summed E-state index contributed by atoms with van der Waals surface area (Å²) < 4.78 is 29.0. The Morgan fingerprint density at radius 2 is 0.746 bits per heavy atom. The van der Waals surface area contributed by atoms with E-state index in [2.05, 4.69) is 207 Å². The molecule has 1 spiro atoms. The van der Waals surface area contributed by atoms with E-state index in [1.54, 1.807) is 0 Å². The van der Waals surface area contributed by atoms with Crippen molar-refractivity contribution in [1.29, 1.82) is 0 Å². The Labute approximate surface area is 413 Å². The maximum atomic E-state index is 14.5. The van der Waals surface area contributed by atoms with Gasteiger partial charge in [-0.1, -0.05) is 125 Å². The van der Waals surface area contributed by atoms with Crippen LogP contribution < -0.4 is 9.80 Å². The van der Waals surface area contributed by atoms with Crippen molar-refractivity contribution in [3.8, 4) is 22.3 Å². The van der Waals surface area contributed by atoms with Crippen LogP contribution in [0, 0.1) is 11.6 Å². The summed E-state index contributed by atoms with van der Waals surface area (Å²) >= 11 is 0. The topological polar surface area (TPSA) is 6.48 Å². The number of rotatable bonds is 8.